The van der Waals surface area contributed by atoms with Gasteiger partial charge in [-0.3, -0.25) is 10.4 Å². The van der Waals surface area contributed by atoms with E-state index in [-0.39, 0.29) is 0 Å². The number of hydrogen-bond acceptors (Lipinski definition) is 2. The maximum atomic E-state index is 7.42. The molecule has 0 aromatic carbocycles. The Hall–Kier alpha value is -0.770. The standard InChI is InChI=1S/C7H16N4/c8-7-10-5-3-1-2-4-6-11(7)9/h1-6,9H2,(H2,8,10). The molecule has 0 unspecified atom stereocenters. The van der Waals surface area contributed by atoms with Gasteiger partial charge in [-0.1, -0.05) is 12.8 Å². The van der Waals surface area contributed by atoms with Crippen LogP contribution in [0.3, 0.4) is 0 Å². The molecule has 0 aromatic rings. The molecule has 1 saturated heterocycles. The van der Waals surface area contributed by atoms with E-state index in [1.165, 1.54) is 17.9 Å². The predicted octanol–water partition coefficient (Wildman–Crippen LogP) is 0.260. The van der Waals surface area contributed by atoms with Crippen LogP contribution >= 0.6 is 0 Å². The number of rotatable bonds is 0. The van der Waals surface area contributed by atoms with Gasteiger partial charge in [0.1, 0.15) is 0 Å². The van der Waals surface area contributed by atoms with Crippen molar-refractivity contribution < 1.29 is 0 Å². The van der Waals surface area contributed by atoms with E-state index in [4.69, 9.17) is 11.3 Å². The van der Waals surface area contributed by atoms with Crippen molar-refractivity contribution in [2.45, 2.75) is 25.7 Å². The smallest absolute Gasteiger partial charge is 0.205 e. The van der Waals surface area contributed by atoms with Crippen molar-refractivity contribution in [3.63, 3.8) is 0 Å². The van der Waals surface area contributed by atoms with Crippen LogP contribution in [0.4, 0.5) is 0 Å². The lowest BCUT2D eigenvalue weighted by Gasteiger charge is -2.18. The van der Waals surface area contributed by atoms with Gasteiger partial charge in [-0.05, 0) is 12.8 Å². The molecule has 0 spiro atoms. The highest BCUT2D eigenvalue weighted by Gasteiger charge is 2.05. The molecule has 0 bridgehead atoms. The molecule has 0 atom stereocenters. The van der Waals surface area contributed by atoms with Gasteiger partial charge in [-0.2, -0.15) is 0 Å². The minimum Gasteiger partial charge on any atom is -0.355 e. The van der Waals surface area contributed by atoms with E-state index in [0.717, 1.165) is 25.9 Å². The Morgan fingerprint density at radius 2 is 2.00 bits per heavy atom. The van der Waals surface area contributed by atoms with Crippen LogP contribution in [0.2, 0.25) is 0 Å². The summed E-state index contributed by atoms with van der Waals surface area (Å²) in [5, 5.41) is 11.9. The molecule has 64 valence electrons. The first-order chi connectivity index (χ1) is 5.30. The summed E-state index contributed by atoms with van der Waals surface area (Å²) in [5.74, 6) is 5.92. The molecular weight excluding hydrogens is 140 g/mol. The third kappa shape index (κ3) is 2.76. The van der Waals surface area contributed by atoms with Crippen molar-refractivity contribution >= 4 is 5.96 Å². The number of nitrogens with two attached hydrogens (primary N) is 1. The summed E-state index contributed by atoms with van der Waals surface area (Å²) in [6, 6.07) is 0. The maximum Gasteiger partial charge on any atom is 0.205 e. The molecule has 11 heavy (non-hydrogen) atoms. The van der Waals surface area contributed by atoms with Crippen LogP contribution in [-0.4, -0.2) is 24.1 Å². The van der Waals surface area contributed by atoms with E-state index in [2.05, 4.69) is 5.32 Å². The second-order valence-corrected chi connectivity index (χ2v) is 2.88. The maximum absolute atomic E-state index is 7.42. The van der Waals surface area contributed by atoms with E-state index >= 15 is 0 Å². The van der Waals surface area contributed by atoms with Crippen LogP contribution in [0.5, 0.6) is 0 Å². The highest BCUT2D eigenvalue weighted by atomic mass is 15.5. The van der Waals surface area contributed by atoms with Crippen molar-refractivity contribution in [3.8, 4) is 0 Å². The van der Waals surface area contributed by atoms with Crippen molar-refractivity contribution in [3.05, 3.63) is 0 Å². The molecule has 4 heteroatoms. The lowest BCUT2D eigenvalue weighted by molar-refractivity contribution is 0.411. The third-order valence-corrected chi connectivity index (χ3v) is 1.91. The van der Waals surface area contributed by atoms with E-state index < -0.39 is 0 Å². The lowest BCUT2D eigenvalue weighted by Crippen LogP contribution is -2.45. The number of guanidine groups is 1. The van der Waals surface area contributed by atoms with Gasteiger partial charge in [0.25, 0.3) is 0 Å². The summed E-state index contributed by atoms with van der Waals surface area (Å²) < 4.78 is 0. The minimum atomic E-state index is 0.354. The molecule has 0 saturated carbocycles. The van der Waals surface area contributed by atoms with E-state index in [0.29, 0.717) is 5.96 Å². The Labute approximate surface area is 67.2 Å². The van der Waals surface area contributed by atoms with Crippen molar-refractivity contribution in [1.29, 1.82) is 5.41 Å². The van der Waals surface area contributed by atoms with Crippen LogP contribution in [-0.2, 0) is 0 Å². The molecule has 4 N–H and O–H groups in total. The summed E-state index contributed by atoms with van der Waals surface area (Å²) in [7, 11) is 0. The number of nitrogens with one attached hydrogen (secondary N) is 2. The second-order valence-electron chi connectivity index (χ2n) is 2.88. The molecular formula is C7H16N4. The number of hydrazine groups is 1. The fourth-order valence-corrected chi connectivity index (χ4v) is 1.18. The molecule has 1 aliphatic heterocycles. The van der Waals surface area contributed by atoms with Gasteiger partial charge in [0.05, 0.1) is 0 Å². The third-order valence-electron chi connectivity index (χ3n) is 1.91. The zero-order chi connectivity index (χ0) is 8.10. The minimum absolute atomic E-state index is 0.354. The molecule has 1 rings (SSSR count). The Bertz CT molecular complexity index is 134. The molecule has 0 radical (unpaired) electrons. The monoisotopic (exact) mass is 156 g/mol. The van der Waals surface area contributed by atoms with Gasteiger partial charge < -0.3 is 5.32 Å². The van der Waals surface area contributed by atoms with Crippen LogP contribution < -0.4 is 11.2 Å². The molecule has 4 nitrogen and oxygen atoms in total. The molecule has 0 aromatic heterocycles. The van der Waals surface area contributed by atoms with Gasteiger partial charge in [0.2, 0.25) is 5.96 Å². The quantitative estimate of drug-likeness (QED) is 0.441. The zero-order valence-corrected chi connectivity index (χ0v) is 6.77. The van der Waals surface area contributed by atoms with Crippen molar-refractivity contribution in [2.24, 2.45) is 5.84 Å². The molecule has 1 aliphatic rings. The molecule has 0 aliphatic carbocycles. The van der Waals surface area contributed by atoms with Crippen LogP contribution in [0.25, 0.3) is 0 Å². The Balaban J connectivity index is 2.35. The lowest BCUT2D eigenvalue weighted by atomic mass is 10.2. The van der Waals surface area contributed by atoms with Gasteiger partial charge in [-0.15, -0.1) is 0 Å². The summed E-state index contributed by atoms with van der Waals surface area (Å²) in [4.78, 5) is 0. The highest BCUT2D eigenvalue weighted by molar-refractivity contribution is 5.75. The summed E-state index contributed by atoms with van der Waals surface area (Å²) in [5.41, 5.74) is 0. The van der Waals surface area contributed by atoms with Gasteiger partial charge in [0, 0.05) is 13.1 Å². The fraction of sp³-hybridized carbons (Fsp3) is 0.857. The van der Waals surface area contributed by atoms with Crippen molar-refractivity contribution in [2.75, 3.05) is 13.1 Å². The first kappa shape index (κ1) is 8.33. The fourth-order valence-electron chi connectivity index (χ4n) is 1.18. The summed E-state index contributed by atoms with van der Waals surface area (Å²) in [6.07, 6.45) is 4.72. The van der Waals surface area contributed by atoms with E-state index in [1.54, 1.807) is 0 Å². The predicted molar refractivity (Wildman–Crippen MR) is 45.1 cm³/mol. The Morgan fingerprint density at radius 3 is 2.82 bits per heavy atom. The van der Waals surface area contributed by atoms with Crippen LogP contribution in [0, 0.1) is 5.41 Å². The molecule has 1 heterocycles. The van der Waals surface area contributed by atoms with Gasteiger partial charge in [-0.25, -0.2) is 5.84 Å². The number of hydrogen-bond donors (Lipinski definition) is 3. The van der Waals surface area contributed by atoms with E-state index in [9.17, 15) is 0 Å². The topological polar surface area (TPSA) is 65.1 Å². The zero-order valence-electron chi connectivity index (χ0n) is 6.77. The molecule has 0 amide bonds. The summed E-state index contributed by atoms with van der Waals surface area (Å²) >= 11 is 0. The summed E-state index contributed by atoms with van der Waals surface area (Å²) in [6.45, 7) is 1.68. The van der Waals surface area contributed by atoms with Gasteiger partial charge >= 0.3 is 0 Å². The first-order valence-corrected chi connectivity index (χ1v) is 4.15. The average molecular weight is 156 g/mol. The number of nitrogens with zero attached hydrogens (tertiary/aromatic N) is 1. The average Bonchev–Trinajstić information content (AvgIpc) is 2.07. The Morgan fingerprint density at radius 1 is 1.27 bits per heavy atom. The molecule has 1 fully saturated rings. The van der Waals surface area contributed by atoms with Crippen LogP contribution in [0.1, 0.15) is 25.7 Å². The van der Waals surface area contributed by atoms with E-state index in [1.807, 2.05) is 0 Å². The second kappa shape index (κ2) is 4.18. The van der Waals surface area contributed by atoms with Crippen LogP contribution in [0.15, 0.2) is 0 Å². The SMILES string of the molecule is N=C1NCCCCCCN1N. The highest BCUT2D eigenvalue weighted by Crippen LogP contribution is 2.01. The Kier molecular flexibility index (Phi) is 3.16. The normalized spacial score (nSPS) is 21.5. The first-order valence-electron chi connectivity index (χ1n) is 4.15. The largest absolute Gasteiger partial charge is 0.355 e. The van der Waals surface area contributed by atoms with Crippen molar-refractivity contribution in [1.82, 2.24) is 10.3 Å². The van der Waals surface area contributed by atoms with Gasteiger partial charge in [0.15, 0.2) is 0 Å².